The zero-order chi connectivity index (χ0) is 15.3. The molecule has 116 valence electrons. The summed E-state index contributed by atoms with van der Waals surface area (Å²) < 4.78 is 5.08. The molecule has 0 saturated carbocycles. The normalized spacial score (nSPS) is 11.5. The van der Waals surface area contributed by atoms with Crippen molar-refractivity contribution in [1.29, 1.82) is 0 Å². The van der Waals surface area contributed by atoms with Gasteiger partial charge in [-0.25, -0.2) is 0 Å². The van der Waals surface area contributed by atoms with Gasteiger partial charge in [-0.15, -0.1) is 0 Å². The second kappa shape index (κ2) is 11.0. The van der Waals surface area contributed by atoms with Gasteiger partial charge in [0.2, 0.25) is 0 Å². The van der Waals surface area contributed by atoms with Crippen LogP contribution in [0, 0.1) is 0 Å². The summed E-state index contributed by atoms with van der Waals surface area (Å²) in [6.07, 6.45) is 15.0. The molecule has 0 atom stereocenters. The van der Waals surface area contributed by atoms with Crippen LogP contribution in [-0.4, -0.2) is 23.9 Å². The largest absolute Gasteiger partial charge is 0.504 e. The summed E-state index contributed by atoms with van der Waals surface area (Å²) in [6.45, 7) is 0.146. The quantitative estimate of drug-likeness (QED) is 0.499. The van der Waals surface area contributed by atoms with E-state index in [2.05, 4.69) is 12.2 Å². The number of aliphatic hydroxyl groups is 1. The lowest BCUT2D eigenvalue weighted by atomic mass is 10.1. The predicted octanol–water partition coefficient (Wildman–Crippen LogP) is 4.30. The molecule has 0 aliphatic rings. The Balaban J connectivity index is 2.16. The van der Waals surface area contributed by atoms with Crippen LogP contribution in [0.3, 0.4) is 0 Å². The van der Waals surface area contributed by atoms with E-state index in [1.54, 1.807) is 19.3 Å². The molecule has 0 aliphatic heterocycles. The fourth-order valence-corrected chi connectivity index (χ4v) is 2.09. The van der Waals surface area contributed by atoms with Gasteiger partial charge in [0.05, 0.1) is 13.7 Å². The molecule has 1 rings (SSSR count). The van der Waals surface area contributed by atoms with Gasteiger partial charge in [0.25, 0.3) is 0 Å². The van der Waals surface area contributed by atoms with Crippen molar-refractivity contribution in [3.63, 3.8) is 0 Å². The first-order valence-corrected chi connectivity index (χ1v) is 7.57. The second-order valence-electron chi connectivity index (χ2n) is 4.98. The fourth-order valence-electron chi connectivity index (χ4n) is 2.09. The van der Waals surface area contributed by atoms with Gasteiger partial charge in [-0.2, -0.15) is 0 Å². The smallest absolute Gasteiger partial charge is 0.161 e. The molecule has 0 radical (unpaired) electrons. The van der Waals surface area contributed by atoms with E-state index in [-0.39, 0.29) is 12.4 Å². The van der Waals surface area contributed by atoms with Crippen LogP contribution in [0.4, 0.5) is 0 Å². The molecule has 21 heavy (non-hydrogen) atoms. The standard InChI is InChI=1S/C18H26O3/c1-21-18-15-16(12-13-17(18)20)11-9-7-5-3-2-4-6-8-10-14-19/h8-13,15,19-20H,2-7,14H2,1H3/b10-8-,11-9-. The summed E-state index contributed by atoms with van der Waals surface area (Å²) in [5.74, 6) is 0.679. The van der Waals surface area contributed by atoms with Gasteiger partial charge in [-0.3, -0.25) is 0 Å². The van der Waals surface area contributed by atoms with E-state index in [4.69, 9.17) is 9.84 Å². The third kappa shape index (κ3) is 7.57. The minimum absolute atomic E-state index is 0.146. The summed E-state index contributed by atoms with van der Waals surface area (Å²) in [7, 11) is 1.55. The molecular weight excluding hydrogens is 264 g/mol. The number of aliphatic hydroxyl groups excluding tert-OH is 1. The number of hydrogen-bond acceptors (Lipinski definition) is 3. The third-order valence-corrected chi connectivity index (χ3v) is 3.28. The molecule has 0 fully saturated rings. The van der Waals surface area contributed by atoms with E-state index in [1.165, 1.54) is 25.7 Å². The SMILES string of the molecule is COc1cc(/C=C\CCCCCC/C=C\CO)ccc1O. The van der Waals surface area contributed by atoms with Crippen LogP contribution < -0.4 is 4.74 Å². The van der Waals surface area contributed by atoms with Crippen LogP contribution in [0.2, 0.25) is 0 Å². The molecule has 0 amide bonds. The lowest BCUT2D eigenvalue weighted by molar-refractivity contribution is 0.342. The fraction of sp³-hybridized carbons (Fsp3) is 0.444. The summed E-state index contributed by atoms with van der Waals surface area (Å²) in [5.41, 5.74) is 1.04. The number of unbranched alkanes of at least 4 members (excludes halogenated alkanes) is 5. The number of phenolic OH excluding ortho intramolecular Hbond substituents is 1. The van der Waals surface area contributed by atoms with E-state index >= 15 is 0 Å². The number of rotatable bonds is 10. The van der Waals surface area contributed by atoms with Gasteiger partial charge >= 0.3 is 0 Å². The number of hydrogen-bond donors (Lipinski definition) is 2. The molecule has 0 aliphatic carbocycles. The summed E-state index contributed by atoms with van der Waals surface area (Å²) in [4.78, 5) is 0. The number of allylic oxidation sites excluding steroid dienone is 2. The first-order chi connectivity index (χ1) is 10.3. The Morgan fingerprint density at radius 1 is 1.00 bits per heavy atom. The van der Waals surface area contributed by atoms with Crippen molar-refractivity contribution in [1.82, 2.24) is 0 Å². The zero-order valence-corrected chi connectivity index (χ0v) is 12.8. The Labute approximate surface area is 127 Å². The topological polar surface area (TPSA) is 49.7 Å². The number of methoxy groups -OCH3 is 1. The van der Waals surface area contributed by atoms with Gasteiger partial charge in [-0.05, 0) is 43.4 Å². The summed E-state index contributed by atoms with van der Waals surface area (Å²) in [5, 5.41) is 18.1. The van der Waals surface area contributed by atoms with Crippen LogP contribution in [0.15, 0.2) is 36.4 Å². The Hall–Kier alpha value is -1.74. The Kier molecular flexibility index (Phi) is 9.05. The molecule has 3 heteroatoms. The lowest BCUT2D eigenvalue weighted by Crippen LogP contribution is -1.84. The molecule has 3 nitrogen and oxygen atoms in total. The van der Waals surface area contributed by atoms with E-state index < -0.39 is 0 Å². The van der Waals surface area contributed by atoms with Crippen molar-refractivity contribution >= 4 is 6.08 Å². The Morgan fingerprint density at radius 3 is 2.38 bits per heavy atom. The van der Waals surface area contributed by atoms with Crippen molar-refractivity contribution in [3.8, 4) is 11.5 Å². The van der Waals surface area contributed by atoms with Gasteiger partial charge < -0.3 is 14.9 Å². The third-order valence-electron chi connectivity index (χ3n) is 3.28. The molecule has 0 aromatic heterocycles. The van der Waals surface area contributed by atoms with Crippen LogP contribution in [0.1, 0.15) is 44.1 Å². The molecule has 1 aromatic rings. The maximum Gasteiger partial charge on any atom is 0.161 e. The van der Waals surface area contributed by atoms with Crippen molar-refractivity contribution in [3.05, 3.63) is 42.0 Å². The number of phenols is 1. The monoisotopic (exact) mass is 290 g/mol. The number of aromatic hydroxyl groups is 1. The highest BCUT2D eigenvalue weighted by molar-refractivity contribution is 5.55. The molecule has 0 heterocycles. The van der Waals surface area contributed by atoms with Crippen molar-refractivity contribution in [2.24, 2.45) is 0 Å². The van der Waals surface area contributed by atoms with E-state index in [0.717, 1.165) is 18.4 Å². The average Bonchev–Trinajstić information content (AvgIpc) is 2.50. The first kappa shape index (κ1) is 17.3. The Bertz CT molecular complexity index is 450. The minimum Gasteiger partial charge on any atom is -0.504 e. The van der Waals surface area contributed by atoms with Gasteiger partial charge in [-0.1, -0.05) is 43.2 Å². The maximum absolute atomic E-state index is 9.51. The molecular formula is C18H26O3. The van der Waals surface area contributed by atoms with Crippen molar-refractivity contribution < 1.29 is 14.9 Å². The average molecular weight is 290 g/mol. The molecule has 2 N–H and O–H groups in total. The van der Waals surface area contributed by atoms with Crippen molar-refractivity contribution in [2.45, 2.75) is 38.5 Å². The van der Waals surface area contributed by atoms with Crippen LogP contribution in [0.25, 0.3) is 6.08 Å². The van der Waals surface area contributed by atoms with E-state index in [0.29, 0.717) is 5.75 Å². The highest BCUT2D eigenvalue weighted by atomic mass is 16.5. The molecule has 1 aromatic carbocycles. The number of ether oxygens (including phenoxy) is 1. The zero-order valence-electron chi connectivity index (χ0n) is 12.8. The molecule has 0 bridgehead atoms. The summed E-state index contributed by atoms with van der Waals surface area (Å²) in [6, 6.07) is 5.36. The van der Waals surface area contributed by atoms with Crippen molar-refractivity contribution in [2.75, 3.05) is 13.7 Å². The minimum atomic E-state index is 0.146. The highest BCUT2D eigenvalue weighted by Gasteiger charge is 1.99. The highest BCUT2D eigenvalue weighted by Crippen LogP contribution is 2.26. The predicted molar refractivity (Wildman–Crippen MR) is 87.6 cm³/mol. The van der Waals surface area contributed by atoms with E-state index in [9.17, 15) is 5.11 Å². The van der Waals surface area contributed by atoms with Crippen LogP contribution >= 0.6 is 0 Å². The molecule has 0 unspecified atom stereocenters. The van der Waals surface area contributed by atoms with Crippen LogP contribution in [0.5, 0.6) is 11.5 Å². The van der Waals surface area contributed by atoms with Crippen LogP contribution in [-0.2, 0) is 0 Å². The maximum atomic E-state index is 9.51. The summed E-state index contributed by atoms with van der Waals surface area (Å²) >= 11 is 0. The number of benzene rings is 1. The van der Waals surface area contributed by atoms with Gasteiger partial charge in [0.15, 0.2) is 11.5 Å². The van der Waals surface area contributed by atoms with Gasteiger partial charge in [0.1, 0.15) is 0 Å². The van der Waals surface area contributed by atoms with E-state index in [1.807, 2.05) is 18.2 Å². The Morgan fingerprint density at radius 2 is 1.71 bits per heavy atom. The lowest BCUT2D eigenvalue weighted by Gasteiger charge is -2.03. The second-order valence-corrected chi connectivity index (χ2v) is 4.98. The molecule has 0 spiro atoms. The molecule has 0 saturated heterocycles. The van der Waals surface area contributed by atoms with Gasteiger partial charge in [0, 0.05) is 0 Å². The first-order valence-electron chi connectivity index (χ1n) is 7.57.